The van der Waals surface area contributed by atoms with Crippen molar-refractivity contribution in [2.75, 3.05) is 11.9 Å². The van der Waals surface area contributed by atoms with Crippen LogP contribution in [0, 0.1) is 0 Å². The summed E-state index contributed by atoms with van der Waals surface area (Å²) in [5.74, 6) is -0.0469. The van der Waals surface area contributed by atoms with Gasteiger partial charge in [0.2, 0.25) is 5.91 Å². The lowest BCUT2D eigenvalue weighted by Crippen LogP contribution is -2.29. The maximum Gasteiger partial charge on any atom is 0.262 e. The van der Waals surface area contributed by atoms with Gasteiger partial charge in [0.15, 0.2) is 5.78 Å². The molecule has 1 amide bonds. The van der Waals surface area contributed by atoms with Gasteiger partial charge in [0.1, 0.15) is 5.84 Å². The predicted molar refractivity (Wildman–Crippen MR) is 132 cm³/mol. The normalized spacial score (nSPS) is 13.2. The van der Waals surface area contributed by atoms with Gasteiger partial charge in [-0.05, 0) is 35.7 Å². The van der Waals surface area contributed by atoms with E-state index in [-0.39, 0.29) is 29.4 Å². The topological polar surface area (TPSA) is 105 Å². The molecule has 0 saturated carbocycles. The Labute approximate surface area is 199 Å². The highest BCUT2D eigenvalue weighted by Crippen LogP contribution is 2.20. The molecule has 1 heterocycles. The summed E-state index contributed by atoms with van der Waals surface area (Å²) in [6, 6.07) is 23.2. The van der Waals surface area contributed by atoms with Crippen LogP contribution in [0.15, 0.2) is 88.8 Å². The van der Waals surface area contributed by atoms with Gasteiger partial charge in [0.05, 0.1) is 4.90 Å². The highest BCUT2D eigenvalue weighted by Gasteiger charge is 2.19. The van der Waals surface area contributed by atoms with Gasteiger partial charge in [0, 0.05) is 37.1 Å². The van der Waals surface area contributed by atoms with Crippen molar-refractivity contribution in [1.29, 1.82) is 0 Å². The zero-order valence-electron chi connectivity index (χ0n) is 18.5. The SMILES string of the molecule is O=C(CCC(=O)c1ccc(-c2ccccc2)cc1)Nc1cccc(S(=O)(=O)NC2=NCCC2)c1. The van der Waals surface area contributed by atoms with E-state index in [4.69, 9.17) is 0 Å². The fourth-order valence-corrected chi connectivity index (χ4v) is 4.79. The highest BCUT2D eigenvalue weighted by atomic mass is 32.2. The number of nitrogens with zero attached hydrogens (tertiary/aromatic N) is 1. The molecule has 0 saturated heterocycles. The summed E-state index contributed by atoms with van der Waals surface area (Å²) in [7, 11) is -3.77. The Morgan fingerprint density at radius 1 is 0.853 bits per heavy atom. The van der Waals surface area contributed by atoms with Crippen molar-refractivity contribution in [1.82, 2.24) is 4.72 Å². The molecule has 7 nitrogen and oxygen atoms in total. The number of Topliss-reactive ketones (excluding diaryl/α,β-unsaturated/α-hetero) is 1. The second-order valence-corrected chi connectivity index (χ2v) is 9.66. The summed E-state index contributed by atoms with van der Waals surface area (Å²) >= 11 is 0. The first-order chi connectivity index (χ1) is 16.4. The van der Waals surface area contributed by atoms with Crippen LogP contribution in [-0.4, -0.2) is 32.5 Å². The number of ketones is 1. The molecule has 34 heavy (non-hydrogen) atoms. The number of rotatable bonds is 8. The van der Waals surface area contributed by atoms with Gasteiger partial charge in [-0.2, -0.15) is 0 Å². The minimum absolute atomic E-state index is 0.00863. The van der Waals surface area contributed by atoms with Crippen LogP contribution in [0.25, 0.3) is 11.1 Å². The number of nitrogens with one attached hydrogen (secondary N) is 2. The van der Waals surface area contributed by atoms with Gasteiger partial charge in [-0.1, -0.05) is 60.7 Å². The van der Waals surface area contributed by atoms with Crippen LogP contribution in [-0.2, 0) is 14.8 Å². The number of carbonyl (C=O) groups is 2. The maximum atomic E-state index is 12.6. The molecule has 0 atom stereocenters. The van der Waals surface area contributed by atoms with Crippen LogP contribution in [0.5, 0.6) is 0 Å². The Balaban J connectivity index is 1.32. The molecule has 0 radical (unpaired) electrons. The van der Waals surface area contributed by atoms with Crippen LogP contribution in [0.2, 0.25) is 0 Å². The molecule has 1 aliphatic rings. The Bertz CT molecular complexity index is 1320. The molecular formula is C26H25N3O4S. The van der Waals surface area contributed by atoms with Gasteiger partial charge in [0.25, 0.3) is 10.0 Å². The Kier molecular flexibility index (Phi) is 7.18. The predicted octanol–water partition coefficient (Wildman–Crippen LogP) is 4.43. The van der Waals surface area contributed by atoms with E-state index in [0.29, 0.717) is 30.1 Å². The average Bonchev–Trinajstić information content (AvgIpc) is 3.36. The molecule has 2 N–H and O–H groups in total. The lowest BCUT2D eigenvalue weighted by Gasteiger charge is -2.10. The van der Waals surface area contributed by atoms with Gasteiger partial charge >= 0.3 is 0 Å². The molecule has 0 aliphatic carbocycles. The first kappa shape index (κ1) is 23.4. The van der Waals surface area contributed by atoms with Gasteiger partial charge in [-0.15, -0.1) is 0 Å². The second kappa shape index (κ2) is 10.4. The molecule has 0 fully saturated rings. The van der Waals surface area contributed by atoms with Crippen molar-refractivity contribution in [2.24, 2.45) is 4.99 Å². The quantitative estimate of drug-likeness (QED) is 0.470. The number of amidine groups is 1. The number of amides is 1. The number of benzene rings is 3. The zero-order valence-corrected chi connectivity index (χ0v) is 19.3. The van der Waals surface area contributed by atoms with Gasteiger partial charge in [-0.3, -0.25) is 19.3 Å². The minimum atomic E-state index is -3.77. The fourth-order valence-electron chi connectivity index (χ4n) is 3.65. The van der Waals surface area contributed by atoms with Crippen molar-refractivity contribution in [3.05, 3.63) is 84.4 Å². The summed E-state index contributed by atoms with van der Waals surface area (Å²) in [5.41, 5.74) is 2.97. The molecule has 0 bridgehead atoms. The third-order valence-corrected chi connectivity index (χ3v) is 6.83. The van der Waals surface area contributed by atoms with Gasteiger partial charge in [-0.25, -0.2) is 8.42 Å². The Morgan fingerprint density at radius 3 is 2.29 bits per heavy atom. The highest BCUT2D eigenvalue weighted by molar-refractivity contribution is 7.90. The Hall–Kier alpha value is -3.78. The fraction of sp³-hybridized carbons (Fsp3) is 0.192. The van der Waals surface area contributed by atoms with Crippen molar-refractivity contribution < 1.29 is 18.0 Å². The maximum absolute atomic E-state index is 12.6. The van der Waals surface area contributed by atoms with E-state index in [1.54, 1.807) is 24.3 Å². The van der Waals surface area contributed by atoms with Crippen molar-refractivity contribution in [3.8, 4) is 11.1 Å². The van der Waals surface area contributed by atoms with Crippen molar-refractivity contribution in [3.63, 3.8) is 0 Å². The van der Waals surface area contributed by atoms with Crippen molar-refractivity contribution in [2.45, 2.75) is 30.6 Å². The molecular weight excluding hydrogens is 450 g/mol. The summed E-state index contributed by atoms with van der Waals surface area (Å²) in [6.45, 7) is 0.615. The average molecular weight is 476 g/mol. The molecule has 8 heteroatoms. The molecule has 3 aromatic carbocycles. The first-order valence-corrected chi connectivity index (χ1v) is 12.5. The third-order valence-electron chi connectivity index (χ3n) is 5.45. The van der Waals surface area contributed by atoms with Crippen LogP contribution >= 0.6 is 0 Å². The lowest BCUT2D eigenvalue weighted by atomic mass is 10.0. The van der Waals surface area contributed by atoms with E-state index in [0.717, 1.165) is 17.5 Å². The third kappa shape index (κ3) is 5.96. The Morgan fingerprint density at radius 2 is 1.59 bits per heavy atom. The number of hydrogen-bond donors (Lipinski definition) is 2. The number of carbonyl (C=O) groups excluding carboxylic acids is 2. The largest absolute Gasteiger partial charge is 0.326 e. The summed E-state index contributed by atoms with van der Waals surface area (Å²) in [5, 5.41) is 2.67. The molecule has 0 aromatic heterocycles. The van der Waals surface area contributed by atoms with Crippen LogP contribution in [0.3, 0.4) is 0 Å². The van der Waals surface area contributed by atoms with E-state index >= 15 is 0 Å². The van der Waals surface area contributed by atoms with Crippen molar-refractivity contribution >= 4 is 33.2 Å². The molecule has 0 unspecified atom stereocenters. The summed E-state index contributed by atoms with van der Waals surface area (Å²) in [6.07, 6.45) is 1.46. The minimum Gasteiger partial charge on any atom is -0.326 e. The summed E-state index contributed by atoms with van der Waals surface area (Å²) in [4.78, 5) is 29.1. The second-order valence-electron chi connectivity index (χ2n) is 7.98. The molecule has 174 valence electrons. The smallest absolute Gasteiger partial charge is 0.262 e. The number of anilines is 1. The van der Waals surface area contributed by atoms with Gasteiger partial charge < -0.3 is 5.32 Å². The van der Waals surface area contributed by atoms with E-state index in [9.17, 15) is 18.0 Å². The molecule has 1 aliphatic heterocycles. The molecule has 0 spiro atoms. The number of hydrogen-bond acceptors (Lipinski definition) is 5. The van der Waals surface area contributed by atoms with E-state index < -0.39 is 10.0 Å². The lowest BCUT2D eigenvalue weighted by molar-refractivity contribution is -0.116. The van der Waals surface area contributed by atoms with E-state index in [1.165, 1.54) is 12.1 Å². The van der Waals surface area contributed by atoms with Crippen LogP contribution in [0.4, 0.5) is 5.69 Å². The van der Waals surface area contributed by atoms with Crippen LogP contribution < -0.4 is 10.0 Å². The van der Waals surface area contributed by atoms with E-state index in [2.05, 4.69) is 15.0 Å². The monoisotopic (exact) mass is 475 g/mol. The molecule has 3 aromatic rings. The van der Waals surface area contributed by atoms with Crippen LogP contribution in [0.1, 0.15) is 36.0 Å². The molecule has 4 rings (SSSR count). The standard InChI is InChI=1S/C26H25N3O4S/c30-24(21-13-11-20(12-14-21)19-6-2-1-3-7-19)15-16-26(31)28-22-8-4-9-23(18-22)34(32,33)29-25-10-5-17-27-25/h1-4,6-9,11-14,18H,5,10,15-17H2,(H,27,29)(H,28,31). The number of sulfonamides is 1. The first-order valence-electron chi connectivity index (χ1n) is 11.1. The zero-order chi connectivity index (χ0) is 24.0. The summed E-state index contributed by atoms with van der Waals surface area (Å²) < 4.78 is 27.6. The number of aliphatic imine (C=N–C) groups is 1. The van der Waals surface area contributed by atoms with E-state index in [1.807, 2.05) is 42.5 Å².